The van der Waals surface area contributed by atoms with Crippen LogP contribution in [0.1, 0.15) is 74.6 Å². The number of carbonyl (C=O) groups is 3. The SMILES string of the molecule is C=C/C(C#N)=C/c1ccc(C)cc1.C=Cc1cc2ccccc2o1.C=Cc1cc2ccccc2s1.C=Cc1ccc(/C=C(\C#N)COC=O)cc1.C=Cc1cccn1C.C=Cc1nc2ccccc2o1.C=Cc1nc2ccccc2s1.O=Cc1ccco1.O=Cc1cccs1.[C-]#[N+]/C(C=C)=C\c1cccs1. The van der Waals surface area contributed by atoms with Crippen molar-refractivity contribution < 1.29 is 32.4 Å². The van der Waals surface area contributed by atoms with E-state index in [1.807, 2.05) is 218 Å². The summed E-state index contributed by atoms with van der Waals surface area (Å²) in [6.45, 7) is 38.1. The Hall–Kier alpha value is -13.4. The monoisotopic (exact) mass is 1470 g/mol. The van der Waals surface area contributed by atoms with E-state index >= 15 is 0 Å². The maximum Gasteiger partial charge on any atom is 0.293 e. The van der Waals surface area contributed by atoms with Crippen LogP contribution >= 0.6 is 45.3 Å². The molecule has 0 amide bonds. The summed E-state index contributed by atoms with van der Waals surface area (Å²) in [6, 6.07) is 70.6. The Morgan fingerprint density at radius 1 is 0.547 bits per heavy atom. The van der Waals surface area contributed by atoms with Gasteiger partial charge in [-0.05, 0) is 167 Å². The van der Waals surface area contributed by atoms with Crippen LogP contribution in [0.2, 0.25) is 0 Å². The molecule has 6 aromatic carbocycles. The molecule has 0 saturated carbocycles. The number of para-hydroxylation sites is 4. The number of furan rings is 2. The average molecular weight is 1470 g/mol. The zero-order valence-corrected chi connectivity index (χ0v) is 61.8. The molecular weight excluding hydrogens is 1390 g/mol. The smallest absolute Gasteiger partial charge is 0.293 e. The zero-order valence-electron chi connectivity index (χ0n) is 58.6. The summed E-state index contributed by atoms with van der Waals surface area (Å²) in [6.07, 6.45) is 24.0. The van der Waals surface area contributed by atoms with Gasteiger partial charge in [-0.2, -0.15) is 10.5 Å². The average Bonchev–Trinajstić information content (AvgIpc) is 1.71. The fraction of sp³-hybridized carbons (Fsp3) is 0.0337. The highest BCUT2D eigenvalue weighted by Gasteiger charge is 2.02. The quantitative estimate of drug-likeness (QED) is 0.0388. The van der Waals surface area contributed by atoms with E-state index in [1.165, 1.54) is 42.8 Å². The Kier molecular flexibility index (Phi) is 38.0. The molecule has 0 N–H and O–H groups in total. The first kappa shape index (κ1) is 83.2. The minimum Gasteiger partial charge on any atom is -0.462 e. The number of allylic oxidation sites excluding steroid dienone is 3. The number of aldehydes is 2. The molecule has 0 aliphatic carbocycles. The van der Waals surface area contributed by atoms with Gasteiger partial charge in [-0.15, -0.1) is 51.9 Å². The number of carbonyl (C=O) groups excluding carboxylic acids is 3. The molecule has 106 heavy (non-hydrogen) atoms. The van der Waals surface area contributed by atoms with Gasteiger partial charge in [-0.25, -0.2) is 14.8 Å². The normalized spacial score (nSPS) is 10.0. The number of aromatic nitrogens is 3. The van der Waals surface area contributed by atoms with Gasteiger partial charge in [-0.3, -0.25) is 14.4 Å². The second kappa shape index (κ2) is 48.4. The minimum atomic E-state index is 0.00318. The summed E-state index contributed by atoms with van der Waals surface area (Å²) in [7, 11) is 2.00. The van der Waals surface area contributed by atoms with Gasteiger partial charge in [0.25, 0.3) is 6.47 Å². The molecule has 17 heteroatoms. The maximum atomic E-state index is 9.99. The van der Waals surface area contributed by atoms with E-state index in [2.05, 4.69) is 119 Å². The Morgan fingerprint density at radius 2 is 1.19 bits per heavy atom. The molecule has 13 nitrogen and oxygen atoms in total. The Labute approximate surface area is 634 Å². The van der Waals surface area contributed by atoms with Gasteiger partial charge in [0, 0.05) is 38.8 Å². The van der Waals surface area contributed by atoms with Crippen LogP contribution in [0.25, 0.3) is 102 Å². The molecular formula is C89H76N6O7S4. The van der Waals surface area contributed by atoms with Gasteiger partial charge in [0.2, 0.25) is 5.89 Å². The van der Waals surface area contributed by atoms with Crippen molar-refractivity contribution >= 4 is 161 Å². The van der Waals surface area contributed by atoms with Crippen molar-refractivity contribution in [3.05, 3.63) is 388 Å². The summed E-state index contributed by atoms with van der Waals surface area (Å²) in [5, 5.41) is 24.7. The number of hydrogen-bond acceptors (Lipinski definition) is 15. The second-order valence-corrected chi connectivity index (χ2v) is 25.2. The predicted molar refractivity (Wildman–Crippen MR) is 448 cm³/mol. The van der Waals surface area contributed by atoms with Gasteiger partial charge in [0.05, 0.1) is 51.2 Å². The number of hydrogen-bond donors (Lipinski definition) is 0. The van der Waals surface area contributed by atoms with Gasteiger partial charge in [0.1, 0.15) is 28.5 Å². The molecule has 14 aromatic rings. The van der Waals surface area contributed by atoms with Crippen LogP contribution in [0.15, 0.2) is 324 Å². The number of nitrogens with zero attached hydrogens (tertiary/aromatic N) is 6. The summed E-state index contributed by atoms with van der Waals surface area (Å²) < 4.78 is 24.4. The number of aryl methyl sites for hydroxylation is 2. The van der Waals surface area contributed by atoms with E-state index in [0.717, 1.165) is 76.8 Å². The first-order valence-corrected chi connectivity index (χ1v) is 35.5. The lowest BCUT2D eigenvalue weighted by Gasteiger charge is -1.98. The molecule has 0 unspecified atom stereocenters. The highest BCUT2D eigenvalue weighted by molar-refractivity contribution is 7.20. The van der Waals surface area contributed by atoms with Crippen LogP contribution in [0.4, 0.5) is 0 Å². The van der Waals surface area contributed by atoms with Crippen LogP contribution in [-0.2, 0) is 16.6 Å². The van der Waals surface area contributed by atoms with Crippen molar-refractivity contribution in [2.24, 2.45) is 7.05 Å². The molecule has 0 fully saturated rings. The molecule has 528 valence electrons. The van der Waals surface area contributed by atoms with E-state index in [4.69, 9.17) is 25.9 Å². The largest absolute Gasteiger partial charge is 0.462 e. The molecule has 8 heterocycles. The summed E-state index contributed by atoms with van der Waals surface area (Å²) in [5.74, 6) is 1.78. The number of thiazole rings is 1. The van der Waals surface area contributed by atoms with Crippen molar-refractivity contribution in [1.82, 2.24) is 14.5 Å². The highest BCUT2D eigenvalue weighted by atomic mass is 32.1. The second-order valence-electron chi connectivity index (χ2n) is 21.0. The molecule has 14 rings (SSSR count). The van der Waals surface area contributed by atoms with E-state index in [-0.39, 0.29) is 6.61 Å². The Morgan fingerprint density at radius 3 is 1.68 bits per heavy atom. The summed E-state index contributed by atoms with van der Waals surface area (Å²) in [4.78, 5) is 44.5. The number of benzene rings is 6. The van der Waals surface area contributed by atoms with E-state index in [9.17, 15) is 14.4 Å². The van der Waals surface area contributed by atoms with Crippen molar-refractivity contribution in [3.8, 4) is 12.1 Å². The van der Waals surface area contributed by atoms with Crippen LogP contribution in [0, 0.1) is 36.2 Å². The van der Waals surface area contributed by atoms with Crippen LogP contribution in [0.3, 0.4) is 0 Å². The molecule has 0 atom stereocenters. The van der Waals surface area contributed by atoms with Crippen molar-refractivity contribution in [1.29, 1.82) is 10.5 Å². The Bertz CT molecular complexity index is 4820. The van der Waals surface area contributed by atoms with E-state index < -0.39 is 0 Å². The third-order valence-electron chi connectivity index (χ3n) is 13.7. The number of nitriles is 2. The van der Waals surface area contributed by atoms with Crippen molar-refractivity contribution in [2.45, 2.75) is 6.92 Å². The summed E-state index contributed by atoms with van der Waals surface area (Å²) in [5.41, 5.74) is 10.5. The minimum absolute atomic E-state index is 0.00318. The Balaban J connectivity index is 0.000000213. The van der Waals surface area contributed by atoms with Crippen molar-refractivity contribution in [2.75, 3.05) is 6.61 Å². The topological polar surface area (TPSA) is 183 Å². The molecule has 0 bridgehead atoms. The summed E-state index contributed by atoms with van der Waals surface area (Å²) >= 11 is 6.52. The predicted octanol–water partition coefficient (Wildman–Crippen LogP) is 25.0. The van der Waals surface area contributed by atoms with Crippen LogP contribution in [-0.4, -0.2) is 40.2 Å². The van der Waals surface area contributed by atoms with Crippen LogP contribution < -0.4 is 0 Å². The van der Waals surface area contributed by atoms with E-state index in [1.54, 1.807) is 94.7 Å². The third kappa shape index (κ3) is 30.0. The van der Waals surface area contributed by atoms with Gasteiger partial charge in [-0.1, -0.05) is 197 Å². The highest BCUT2D eigenvalue weighted by Crippen LogP contribution is 2.26. The number of oxazole rings is 1. The van der Waals surface area contributed by atoms with Gasteiger partial charge >= 0.3 is 0 Å². The molecule has 0 aliphatic rings. The standard InChI is InChI=1S/C13H11NO2.C12H11N.C10H8O.C10H8S.C9H7NO.2C9H7NS.C7H9N.C5H4O2.C5H4OS/c1-2-11-3-5-12(6-4-11)7-13(8-14)9-16-10-15;1-3-11(9-13)8-12-6-4-10(2)5-7-12;2*1-2-9-7-8-5-3-4-6-10(8)11-9;2*1-2-9-10-7-5-3-4-6-8(7)11-9;1-3-8(10-2)7-9-5-4-6-11-9;1-3-7-5-4-6-8(7)2;2*6-4-5-2-1-3-7-5/h2-7,10H,1,9H2;3-8H,1H2,2H3;2*2-7H,1H2;2*2-6H,1H2;3-7H,1H2;3-6H,1H2,2H3;2*1-4H/b13-7+;11-8-;;;;;8-7-;;;. The van der Waals surface area contributed by atoms with Crippen molar-refractivity contribution in [3.63, 3.8) is 0 Å². The van der Waals surface area contributed by atoms with Gasteiger partial charge in [0.15, 0.2) is 29.6 Å². The molecule has 0 aliphatic heterocycles. The fourth-order valence-electron chi connectivity index (χ4n) is 8.36. The molecule has 0 spiro atoms. The number of thiophene rings is 3. The lowest BCUT2D eigenvalue weighted by Crippen LogP contribution is -1.94. The third-order valence-corrected chi connectivity index (χ3v) is 17.4. The first-order valence-electron chi connectivity index (χ1n) is 32.1. The first-order chi connectivity index (χ1) is 51.7. The lowest BCUT2D eigenvalue weighted by atomic mass is 10.1. The maximum absolute atomic E-state index is 9.99. The van der Waals surface area contributed by atoms with E-state index in [0.29, 0.717) is 41.3 Å². The number of fused-ring (bicyclic) bond motifs is 4. The molecule has 0 saturated heterocycles. The zero-order chi connectivity index (χ0) is 76.5. The lowest BCUT2D eigenvalue weighted by molar-refractivity contribution is -0.127. The number of ether oxygens (including phenoxy) is 1. The number of rotatable bonds is 16. The molecule has 0 radical (unpaired) electrons. The fourth-order valence-corrected chi connectivity index (χ4v) is 11.3. The molecule has 8 aromatic heterocycles. The van der Waals surface area contributed by atoms with Crippen LogP contribution in [0.5, 0.6) is 0 Å². The van der Waals surface area contributed by atoms with Gasteiger partial charge < -0.3 is 22.6 Å².